The summed E-state index contributed by atoms with van der Waals surface area (Å²) in [6.45, 7) is 1.11. The van der Waals surface area contributed by atoms with Gasteiger partial charge in [0.15, 0.2) is 11.5 Å². The predicted molar refractivity (Wildman–Crippen MR) is 110 cm³/mol. The van der Waals surface area contributed by atoms with Crippen molar-refractivity contribution in [1.82, 2.24) is 15.4 Å². The molecule has 2 aromatic heterocycles. The lowest BCUT2D eigenvalue weighted by molar-refractivity contribution is 0.0697. The minimum Gasteiger partial charge on any atom is -0.497 e. The van der Waals surface area contributed by atoms with E-state index in [-0.39, 0.29) is 23.6 Å². The van der Waals surface area contributed by atoms with Crippen molar-refractivity contribution in [2.75, 3.05) is 27.3 Å². The normalized spacial score (nSPS) is 14.3. The number of methoxy groups -OCH3 is 2. The van der Waals surface area contributed by atoms with Crippen LogP contribution in [0.4, 0.5) is 0 Å². The summed E-state index contributed by atoms with van der Waals surface area (Å²) < 4.78 is 21.0. The molecule has 1 saturated heterocycles. The molecule has 1 aromatic carbocycles. The van der Waals surface area contributed by atoms with E-state index in [1.54, 1.807) is 49.5 Å². The highest BCUT2D eigenvalue weighted by Crippen LogP contribution is 2.33. The Kier molecular flexibility index (Phi) is 5.92. The van der Waals surface area contributed by atoms with E-state index in [0.29, 0.717) is 54.3 Å². The number of rotatable bonds is 6. The zero-order valence-electron chi connectivity index (χ0n) is 17.3. The number of hydrogen-bond donors (Lipinski definition) is 1. The topological polar surface area (TPSA) is 107 Å². The third kappa shape index (κ3) is 4.40. The SMILES string of the molecule is COc1ccc(OC)c(-c2cc(C(=O)NC3CCN(C(=O)c4ccoc4)CC3)no2)c1. The largest absolute Gasteiger partial charge is 0.497 e. The van der Waals surface area contributed by atoms with Crippen molar-refractivity contribution in [3.8, 4) is 22.8 Å². The minimum atomic E-state index is -0.323. The van der Waals surface area contributed by atoms with Gasteiger partial charge < -0.3 is 28.6 Å². The van der Waals surface area contributed by atoms with Crippen LogP contribution >= 0.6 is 0 Å². The van der Waals surface area contributed by atoms with E-state index >= 15 is 0 Å². The number of carbonyl (C=O) groups is 2. The van der Waals surface area contributed by atoms with Crippen LogP contribution in [-0.2, 0) is 0 Å². The van der Waals surface area contributed by atoms with Gasteiger partial charge in [-0.2, -0.15) is 0 Å². The first kappa shape index (κ1) is 20.5. The van der Waals surface area contributed by atoms with E-state index in [4.69, 9.17) is 18.4 Å². The van der Waals surface area contributed by atoms with Crippen LogP contribution in [0.15, 0.2) is 51.8 Å². The Morgan fingerprint density at radius 2 is 1.94 bits per heavy atom. The lowest BCUT2D eigenvalue weighted by Crippen LogP contribution is -2.46. The van der Waals surface area contributed by atoms with Crippen molar-refractivity contribution in [1.29, 1.82) is 0 Å². The standard InChI is InChI=1S/C22H23N3O6/c1-28-16-3-4-19(29-2)17(11-16)20-12-18(24-31-20)21(26)23-15-5-8-25(9-6-15)22(27)14-7-10-30-13-14/h3-4,7,10-13,15H,5-6,8-9H2,1-2H3,(H,23,26). The number of furan rings is 1. The van der Waals surface area contributed by atoms with Gasteiger partial charge >= 0.3 is 0 Å². The molecule has 0 spiro atoms. The van der Waals surface area contributed by atoms with Gasteiger partial charge in [-0.25, -0.2) is 0 Å². The molecule has 1 N–H and O–H groups in total. The molecule has 0 bridgehead atoms. The van der Waals surface area contributed by atoms with Gasteiger partial charge in [0.05, 0.1) is 31.6 Å². The van der Waals surface area contributed by atoms with Gasteiger partial charge in [-0.1, -0.05) is 5.16 Å². The summed E-state index contributed by atoms with van der Waals surface area (Å²) in [5, 5.41) is 6.88. The Hall–Kier alpha value is -3.75. The van der Waals surface area contributed by atoms with Gasteiger partial charge in [-0.3, -0.25) is 9.59 Å². The molecule has 0 saturated carbocycles. The first-order chi connectivity index (χ1) is 15.1. The van der Waals surface area contributed by atoms with Crippen molar-refractivity contribution < 1.29 is 28.0 Å². The van der Waals surface area contributed by atoms with Gasteiger partial charge in [-0.05, 0) is 37.1 Å². The van der Waals surface area contributed by atoms with Crippen molar-refractivity contribution in [2.24, 2.45) is 0 Å². The molecule has 1 aliphatic heterocycles. The Bertz CT molecular complexity index is 1050. The zero-order chi connectivity index (χ0) is 21.8. The van der Waals surface area contributed by atoms with Crippen LogP contribution in [0.5, 0.6) is 11.5 Å². The van der Waals surface area contributed by atoms with Crippen molar-refractivity contribution in [3.63, 3.8) is 0 Å². The summed E-state index contributed by atoms with van der Waals surface area (Å²) in [5.74, 6) is 1.23. The van der Waals surface area contributed by atoms with Crippen LogP contribution in [0.3, 0.4) is 0 Å². The molecular formula is C22H23N3O6. The highest BCUT2D eigenvalue weighted by molar-refractivity contribution is 5.94. The molecule has 0 aliphatic carbocycles. The number of piperidine rings is 1. The van der Waals surface area contributed by atoms with Crippen LogP contribution in [-0.4, -0.2) is 55.2 Å². The van der Waals surface area contributed by atoms with Crippen LogP contribution in [0.1, 0.15) is 33.7 Å². The molecule has 3 heterocycles. The maximum Gasteiger partial charge on any atom is 0.273 e. The first-order valence-electron chi connectivity index (χ1n) is 9.90. The third-order valence-electron chi connectivity index (χ3n) is 5.30. The fourth-order valence-corrected chi connectivity index (χ4v) is 3.57. The van der Waals surface area contributed by atoms with Crippen LogP contribution < -0.4 is 14.8 Å². The molecule has 0 unspecified atom stereocenters. The number of nitrogens with zero attached hydrogens (tertiary/aromatic N) is 2. The van der Waals surface area contributed by atoms with E-state index in [2.05, 4.69) is 10.5 Å². The van der Waals surface area contributed by atoms with Crippen molar-refractivity contribution >= 4 is 11.8 Å². The number of benzene rings is 1. The van der Waals surface area contributed by atoms with E-state index in [9.17, 15) is 9.59 Å². The van der Waals surface area contributed by atoms with E-state index in [0.717, 1.165) is 0 Å². The number of amides is 2. The summed E-state index contributed by atoms with van der Waals surface area (Å²) >= 11 is 0. The Morgan fingerprint density at radius 1 is 1.13 bits per heavy atom. The smallest absolute Gasteiger partial charge is 0.273 e. The van der Waals surface area contributed by atoms with Crippen LogP contribution in [0, 0.1) is 0 Å². The fraction of sp³-hybridized carbons (Fsp3) is 0.318. The van der Waals surface area contributed by atoms with Gasteiger partial charge in [0.2, 0.25) is 0 Å². The second kappa shape index (κ2) is 8.95. The van der Waals surface area contributed by atoms with Crippen molar-refractivity contribution in [2.45, 2.75) is 18.9 Å². The Balaban J connectivity index is 1.38. The second-order valence-corrected chi connectivity index (χ2v) is 7.19. The maximum atomic E-state index is 12.7. The zero-order valence-corrected chi connectivity index (χ0v) is 17.3. The first-order valence-corrected chi connectivity index (χ1v) is 9.90. The molecule has 4 rings (SSSR count). The molecule has 31 heavy (non-hydrogen) atoms. The highest BCUT2D eigenvalue weighted by atomic mass is 16.5. The molecule has 1 aliphatic rings. The van der Waals surface area contributed by atoms with Gasteiger partial charge in [-0.15, -0.1) is 0 Å². The Morgan fingerprint density at radius 3 is 2.61 bits per heavy atom. The number of hydrogen-bond acceptors (Lipinski definition) is 7. The van der Waals surface area contributed by atoms with Gasteiger partial charge in [0.1, 0.15) is 17.8 Å². The summed E-state index contributed by atoms with van der Waals surface area (Å²) in [5.41, 5.74) is 1.35. The molecule has 3 aromatic rings. The molecular weight excluding hydrogens is 402 g/mol. The number of likely N-dealkylation sites (tertiary alicyclic amines) is 1. The average molecular weight is 425 g/mol. The monoisotopic (exact) mass is 425 g/mol. The summed E-state index contributed by atoms with van der Waals surface area (Å²) in [4.78, 5) is 26.8. The van der Waals surface area contributed by atoms with Gasteiger partial charge in [0.25, 0.3) is 11.8 Å². The summed E-state index contributed by atoms with van der Waals surface area (Å²) in [6.07, 6.45) is 4.23. The van der Waals surface area contributed by atoms with Crippen LogP contribution in [0.2, 0.25) is 0 Å². The highest BCUT2D eigenvalue weighted by Gasteiger charge is 2.26. The maximum absolute atomic E-state index is 12.7. The molecule has 9 heteroatoms. The lowest BCUT2D eigenvalue weighted by atomic mass is 10.0. The van der Waals surface area contributed by atoms with E-state index < -0.39 is 0 Å². The third-order valence-corrected chi connectivity index (χ3v) is 5.30. The minimum absolute atomic E-state index is 0.0487. The van der Waals surface area contributed by atoms with Crippen molar-refractivity contribution in [3.05, 3.63) is 54.1 Å². The predicted octanol–water partition coefficient (Wildman–Crippen LogP) is 2.99. The number of aromatic nitrogens is 1. The van der Waals surface area contributed by atoms with Gasteiger partial charge in [0, 0.05) is 25.2 Å². The number of carbonyl (C=O) groups excluding carboxylic acids is 2. The molecule has 162 valence electrons. The average Bonchev–Trinajstić information content (AvgIpc) is 3.51. The molecule has 0 atom stereocenters. The Labute approximate surface area is 178 Å². The van der Waals surface area contributed by atoms with E-state index in [1.807, 2.05) is 0 Å². The summed E-state index contributed by atoms with van der Waals surface area (Å²) in [6, 6.07) is 8.46. The molecule has 0 radical (unpaired) electrons. The second-order valence-electron chi connectivity index (χ2n) is 7.19. The summed E-state index contributed by atoms with van der Waals surface area (Å²) in [7, 11) is 3.12. The van der Waals surface area contributed by atoms with E-state index in [1.165, 1.54) is 12.5 Å². The van der Waals surface area contributed by atoms with Crippen LogP contribution in [0.25, 0.3) is 11.3 Å². The quantitative estimate of drug-likeness (QED) is 0.647. The lowest BCUT2D eigenvalue weighted by Gasteiger charge is -2.32. The number of nitrogens with one attached hydrogen (secondary N) is 1. The number of ether oxygens (including phenoxy) is 2. The molecule has 9 nitrogen and oxygen atoms in total. The molecule has 1 fully saturated rings. The fourth-order valence-electron chi connectivity index (χ4n) is 3.57. The molecule has 2 amide bonds.